The highest BCUT2D eigenvalue weighted by Gasteiger charge is 2.38. The van der Waals surface area contributed by atoms with Crippen molar-refractivity contribution in [1.29, 1.82) is 0 Å². The van der Waals surface area contributed by atoms with Crippen molar-refractivity contribution >= 4 is 11.8 Å². The summed E-state index contributed by atoms with van der Waals surface area (Å²) in [5.74, 6) is 0.834. The summed E-state index contributed by atoms with van der Waals surface area (Å²) in [5, 5.41) is 6.30. The first-order valence-corrected chi connectivity index (χ1v) is 9.09. The summed E-state index contributed by atoms with van der Waals surface area (Å²) in [7, 11) is 0. The Morgan fingerprint density at radius 1 is 1.35 bits per heavy atom. The molecule has 0 spiro atoms. The molecule has 23 heavy (non-hydrogen) atoms. The molecule has 2 heterocycles. The molecule has 0 bridgehead atoms. The average molecular weight is 319 g/mol. The molecule has 0 aromatic rings. The number of carbonyl (C=O) groups excluding carboxylic acids is 2. The minimum atomic E-state index is -0.163. The number of likely N-dealkylation sites (tertiary alicyclic amines) is 1. The molecule has 128 valence electrons. The van der Waals surface area contributed by atoms with Gasteiger partial charge in [-0.05, 0) is 44.6 Å². The molecule has 1 atom stereocenters. The highest BCUT2D eigenvalue weighted by molar-refractivity contribution is 5.89. The van der Waals surface area contributed by atoms with Crippen LogP contribution >= 0.6 is 0 Å². The van der Waals surface area contributed by atoms with Crippen molar-refractivity contribution < 1.29 is 9.59 Å². The van der Waals surface area contributed by atoms with E-state index in [1.165, 1.54) is 18.4 Å². The van der Waals surface area contributed by atoms with E-state index in [1.807, 2.05) is 4.90 Å². The van der Waals surface area contributed by atoms with Crippen LogP contribution in [-0.4, -0.2) is 48.9 Å². The molecule has 1 unspecified atom stereocenters. The van der Waals surface area contributed by atoms with Crippen LogP contribution in [0, 0.1) is 11.8 Å². The third-order valence-corrected chi connectivity index (χ3v) is 5.60. The Kier molecular flexibility index (Phi) is 5.36. The van der Waals surface area contributed by atoms with E-state index in [9.17, 15) is 9.59 Å². The second-order valence-corrected chi connectivity index (χ2v) is 7.40. The lowest BCUT2D eigenvalue weighted by atomic mass is 9.87. The van der Waals surface area contributed by atoms with Crippen molar-refractivity contribution in [1.82, 2.24) is 15.5 Å². The summed E-state index contributed by atoms with van der Waals surface area (Å²) < 4.78 is 0. The van der Waals surface area contributed by atoms with Crippen LogP contribution in [0.3, 0.4) is 0 Å². The van der Waals surface area contributed by atoms with Crippen molar-refractivity contribution in [2.45, 2.75) is 51.5 Å². The molecule has 0 aromatic heterocycles. The molecular formula is C18H29N3O2. The van der Waals surface area contributed by atoms with Crippen LogP contribution in [0.5, 0.6) is 0 Å². The van der Waals surface area contributed by atoms with E-state index in [-0.39, 0.29) is 17.7 Å². The van der Waals surface area contributed by atoms with Crippen molar-refractivity contribution in [3.63, 3.8) is 0 Å². The zero-order valence-electron chi connectivity index (χ0n) is 14.1. The van der Waals surface area contributed by atoms with Gasteiger partial charge in [0.15, 0.2) is 0 Å². The zero-order chi connectivity index (χ0) is 16.2. The van der Waals surface area contributed by atoms with Crippen LogP contribution in [0.15, 0.2) is 11.6 Å². The molecule has 5 nitrogen and oxygen atoms in total. The van der Waals surface area contributed by atoms with Crippen molar-refractivity contribution in [3.05, 3.63) is 11.6 Å². The molecule has 2 fully saturated rings. The van der Waals surface area contributed by atoms with E-state index in [4.69, 9.17) is 0 Å². The molecule has 1 saturated carbocycles. The molecule has 1 aliphatic carbocycles. The van der Waals surface area contributed by atoms with Gasteiger partial charge in [-0.3, -0.25) is 9.59 Å². The topological polar surface area (TPSA) is 61.4 Å². The monoisotopic (exact) mass is 319 g/mol. The predicted octanol–water partition coefficient (Wildman–Crippen LogP) is 1.45. The minimum Gasteiger partial charge on any atom is -0.352 e. The van der Waals surface area contributed by atoms with Gasteiger partial charge in [0.05, 0.1) is 5.92 Å². The van der Waals surface area contributed by atoms with E-state index in [1.54, 1.807) is 0 Å². The maximum absolute atomic E-state index is 12.4. The quantitative estimate of drug-likeness (QED) is 0.771. The number of nitrogens with zero attached hydrogens (tertiary/aromatic N) is 1. The Morgan fingerprint density at radius 3 is 2.83 bits per heavy atom. The molecule has 2 amide bonds. The average Bonchev–Trinajstić information content (AvgIpc) is 2.96. The predicted molar refractivity (Wildman–Crippen MR) is 89.8 cm³/mol. The number of amides is 2. The van der Waals surface area contributed by atoms with Gasteiger partial charge in [0, 0.05) is 32.1 Å². The Labute approximate surface area is 138 Å². The van der Waals surface area contributed by atoms with Gasteiger partial charge < -0.3 is 15.5 Å². The fourth-order valence-corrected chi connectivity index (χ4v) is 3.99. The number of nitrogens with one attached hydrogen (secondary N) is 2. The van der Waals surface area contributed by atoms with E-state index in [0.29, 0.717) is 25.6 Å². The van der Waals surface area contributed by atoms with Crippen molar-refractivity contribution in [2.75, 3.05) is 26.2 Å². The van der Waals surface area contributed by atoms with Crippen LogP contribution in [-0.2, 0) is 9.59 Å². The summed E-state index contributed by atoms with van der Waals surface area (Å²) in [4.78, 5) is 26.7. The highest BCUT2D eigenvalue weighted by atomic mass is 16.2. The molecule has 2 N–H and O–H groups in total. The minimum absolute atomic E-state index is 0.0458. The Morgan fingerprint density at radius 2 is 2.13 bits per heavy atom. The van der Waals surface area contributed by atoms with Crippen LogP contribution in [0.4, 0.5) is 0 Å². The van der Waals surface area contributed by atoms with Gasteiger partial charge in [-0.2, -0.15) is 0 Å². The second-order valence-electron chi connectivity index (χ2n) is 7.40. The van der Waals surface area contributed by atoms with Gasteiger partial charge in [0.2, 0.25) is 11.8 Å². The number of hydrogen-bond donors (Lipinski definition) is 2. The van der Waals surface area contributed by atoms with Crippen LogP contribution in [0.1, 0.15) is 45.4 Å². The van der Waals surface area contributed by atoms with E-state index in [0.717, 1.165) is 38.3 Å². The lowest BCUT2D eigenvalue weighted by Crippen LogP contribution is -2.40. The molecular weight excluding hydrogens is 290 g/mol. The SMILES string of the molecule is CC1CCC(N2CC(C(=O)NCC3=CCNCC3)CC2=O)CC1. The molecule has 0 radical (unpaired) electrons. The molecule has 5 heteroatoms. The van der Waals surface area contributed by atoms with Gasteiger partial charge in [-0.25, -0.2) is 0 Å². The molecule has 3 aliphatic rings. The Bertz CT molecular complexity index is 481. The second kappa shape index (κ2) is 7.47. The Balaban J connectivity index is 1.48. The van der Waals surface area contributed by atoms with Gasteiger partial charge in [-0.1, -0.05) is 18.6 Å². The summed E-state index contributed by atoms with van der Waals surface area (Å²) >= 11 is 0. The third kappa shape index (κ3) is 4.14. The maximum Gasteiger partial charge on any atom is 0.225 e. The first kappa shape index (κ1) is 16.5. The fraction of sp³-hybridized carbons (Fsp3) is 0.778. The van der Waals surface area contributed by atoms with Crippen LogP contribution in [0.2, 0.25) is 0 Å². The number of rotatable bonds is 4. The highest BCUT2D eigenvalue weighted by Crippen LogP contribution is 2.31. The first-order chi connectivity index (χ1) is 11.1. The largest absolute Gasteiger partial charge is 0.352 e. The summed E-state index contributed by atoms with van der Waals surface area (Å²) in [6.45, 7) is 5.41. The molecule has 2 aliphatic heterocycles. The molecule has 0 aromatic carbocycles. The van der Waals surface area contributed by atoms with Crippen molar-refractivity contribution in [2.24, 2.45) is 11.8 Å². The normalized spacial score (nSPS) is 31.9. The van der Waals surface area contributed by atoms with Gasteiger partial charge in [0.25, 0.3) is 0 Å². The fourth-order valence-electron chi connectivity index (χ4n) is 3.99. The number of carbonyl (C=O) groups is 2. The summed E-state index contributed by atoms with van der Waals surface area (Å²) in [5.41, 5.74) is 1.29. The summed E-state index contributed by atoms with van der Waals surface area (Å²) in [6.07, 6.45) is 8.14. The maximum atomic E-state index is 12.4. The zero-order valence-corrected chi connectivity index (χ0v) is 14.1. The smallest absolute Gasteiger partial charge is 0.225 e. The first-order valence-electron chi connectivity index (χ1n) is 9.09. The Hall–Kier alpha value is -1.36. The standard InChI is InChI=1S/C18H29N3O2/c1-13-2-4-16(5-3-13)21-12-15(10-17(21)22)18(23)20-11-14-6-8-19-9-7-14/h6,13,15-16,19H,2-5,7-12H2,1H3,(H,20,23). The summed E-state index contributed by atoms with van der Waals surface area (Å²) in [6, 6.07) is 0.364. The van der Waals surface area contributed by atoms with E-state index >= 15 is 0 Å². The molecule has 3 rings (SSSR count). The van der Waals surface area contributed by atoms with E-state index in [2.05, 4.69) is 23.6 Å². The van der Waals surface area contributed by atoms with Gasteiger partial charge >= 0.3 is 0 Å². The van der Waals surface area contributed by atoms with Gasteiger partial charge in [0.1, 0.15) is 0 Å². The van der Waals surface area contributed by atoms with Crippen LogP contribution in [0.25, 0.3) is 0 Å². The van der Waals surface area contributed by atoms with Gasteiger partial charge in [-0.15, -0.1) is 0 Å². The van der Waals surface area contributed by atoms with E-state index < -0.39 is 0 Å². The lowest BCUT2D eigenvalue weighted by molar-refractivity contribution is -0.130. The molecule has 1 saturated heterocycles. The lowest BCUT2D eigenvalue weighted by Gasteiger charge is -2.33. The van der Waals surface area contributed by atoms with Crippen molar-refractivity contribution in [3.8, 4) is 0 Å². The number of hydrogen-bond acceptors (Lipinski definition) is 3. The van der Waals surface area contributed by atoms with Crippen LogP contribution < -0.4 is 10.6 Å². The third-order valence-electron chi connectivity index (χ3n) is 5.60.